The minimum Gasteiger partial charge on any atom is -0.396 e. The van der Waals surface area contributed by atoms with Crippen molar-refractivity contribution in [2.75, 3.05) is 13.2 Å². The number of aliphatic hydroxyl groups excluding tert-OH is 2. The van der Waals surface area contributed by atoms with Crippen LogP contribution in [0.5, 0.6) is 0 Å². The van der Waals surface area contributed by atoms with Gasteiger partial charge in [0.1, 0.15) is 0 Å². The van der Waals surface area contributed by atoms with Crippen molar-refractivity contribution >= 4 is 15.9 Å². The van der Waals surface area contributed by atoms with Crippen LogP contribution in [0.25, 0.3) is 0 Å². The summed E-state index contributed by atoms with van der Waals surface area (Å²) in [5.41, 5.74) is 1.07. The Bertz CT molecular complexity index is 246. The summed E-state index contributed by atoms with van der Waals surface area (Å²) in [6.07, 6.45) is 0.609. The van der Waals surface area contributed by atoms with Gasteiger partial charge in [-0.1, -0.05) is 28.1 Å². The van der Waals surface area contributed by atoms with Crippen LogP contribution in [0.3, 0.4) is 0 Å². The molecule has 0 saturated heterocycles. The van der Waals surface area contributed by atoms with Crippen LogP contribution in [-0.2, 0) is 0 Å². The maximum absolute atomic E-state index is 9.06. The van der Waals surface area contributed by atoms with Gasteiger partial charge in [0.25, 0.3) is 0 Å². The van der Waals surface area contributed by atoms with Crippen LogP contribution in [0.15, 0.2) is 28.7 Å². The molecule has 72 valence electrons. The van der Waals surface area contributed by atoms with Gasteiger partial charge in [-0.05, 0) is 24.1 Å². The minimum atomic E-state index is 0.0538. The SMILES string of the molecule is OCCC(CO)c1ccc(Br)cc1. The molecule has 3 heteroatoms. The number of benzene rings is 1. The van der Waals surface area contributed by atoms with E-state index in [1.54, 1.807) is 0 Å². The second-order valence-corrected chi connectivity index (χ2v) is 3.86. The minimum absolute atomic E-state index is 0.0538. The Balaban J connectivity index is 2.73. The number of halogens is 1. The van der Waals surface area contributed by atoms with E-state index in [9.17, 15) is 0 Å². The fourth-order valence-electron chi connectivity index (χ4n) is 1.25. The van der Waals surface area contributed by atoms with Crippen molar-refractivity contribution < 1.29 is 10.2 Å². The zero-order valence-electron chi connectivity index (χ0n) is 7.28. The van der Waals surface area contributed by atoms with Crippen LogP contribution in [0.2, 0.25) is 0 Å². The molecule has 0 amide bonds. The second-order valence-electron chi connectivity index (χ2n) is 2.94. The normalized spacial score (nSPS) is 12.8. The van der Waals surface area contributed by atoms with Gasteiger partial charge in [-0.15, -0.1) is 0 Å². The highest BCUT2D eigenvalue weighted by Gasteiger charge is 2.08. The maximum atomic E-state index is 9.06. The summed E-state index contributed by atoms with van der Waals surface area (Å²) in [4.78, 5) is 0. The first-order valence-corrected chi connectivity index (χ1v) is 5.04. The van der Waals surface area contributed by atoms with E-state index >= 15 is 0 Å². The Hall–Kier alpha value is -0.380. The summed E-state index contributed by atoms with van der Waals surface area (Å²) >= 11 is 3.34. The lowest BCUT2D eigenvalue weighted by Gasteiger charge is -2.12. The highest BCUT2D eigenvalue weighted by Crippen LogP contribution is 2.20. The van der Waals surface area contributed by atoms with Crippen molar-refractivity contribution in [1.82, 2.24) is 0 Å². The zero-order valence-corrected chi connectivity index (χ0v) is 8.87. The summed E-state index contributed by atoms with van der Waals surface area (Å²) < 4.78 is 1.02. The van der Waals surface area contributed by atoms with Gasteiger partial charge in [0.05, 0.1) is 6.61 Å². The lowest BCUT2D eigenvalue weighted by molar-refractivity contribution is 0.220. The van der Waals surface area contributed by atoms with E-state index < -0.39 is 0 Å². The molecular formula is C10H13BrO2. The number of hydrogen-bond donors (Lipinski definition) is 2. The van der Waals surface area contributed by atoms with Gasteiger partial charge in [0.15, 0.2) is 0 Å². The van der Waals surface area contributed by atoms with Gasteiger partial charge in [-0.2, -0.15) is 0 Å². The quantitative estimate of drug-likeness (QED) is 0.850. The van der Waals surface area contributed by atoms with Crippen LogP contribution in [0, 0.1) is 0 Å². The molecule has 0 aliphatic heterocycles. The van der Waals surface area contributed by atoms with Gasteiger partial charge >= 0.3 is 0 Å². The van der Waals surface area contributed by atoms with Gasteiger partial charge in [0, 0.05) is 17.0 Å². The largest absolute Gasteiger partial charge is 0.396 e. The summed E-state index contributed by atoms with van der Waals surface area (Å²) in [6.45, 7) is 0.198. The van der Waals surface area contributed by atoms with Crippen LogP contribution >= 0.6 is 15.9 Å². The molecule has 0 fully saturated rings. The second kappa shape index (κ2) is 5.37. The molecule has 1 unspecified atom stereocenters. The van der Waals surface area contributed by atoms with E-state index in [1.165, 1.54) is 0 Å². The summed E-state index contributed by atoms with van der Waals surface area (Å²) in [7, 11) is 0. The predicted octanol–water partition coefficient (Wildman–Crippen LogP) is 1.91. The van der Waals surface area contributed by atoms with Crippen LogP contribution in [0.1, 0.15) is 17.9 Å². The zero-order chi connectivity index (χ0) is 9.68. The first kappa shape index (κ1) is 10.7. The van der Waals surface area contributed by atoms with Crippen LogP contribution < -0.4 is 0 Å². The van der Waals surface area contributed by atoms with Crippen molar-refractivity contribution in [1.29, 1.82) is 0 Å². The molecule has 1 rings (SSSR count). The van der Waals surface area contributed by atoms with Crippen molar-refractivity contribution in [3.63, 3.8) is 0 Å². The molecule has 0 radical (unpaired) electrons. The molecule has 0 saturated carbocycles. The molecular weight excluding hydrogens is 232 g/mol. The Morgan fingerprint density at radius 2 is 1.77 bits per heavy atom. The third-order valence-electron chi connectivity index (χ3n) is 2.04. The molecule has 0 aliphatic carbocycles. The van der Waals surface area contributed by atoms with E-state index in [4.69, 9.17) is 10.2 Å². The molecule has 0 spiro atoms. The van der Waals surface area contributed by atoms with Crippen molar-refractivity contribution in [3.8, 4) is 0 Å². The molecule has 0 heterocycles. The summed E-state index contributed by atoms with van der Waals surface area (Å²) in [6, 6.07) is 7.80. The van der Waals surface area contributed by atoms with E-state index in [0.29, 0.717) is 6.42 Å². The highest BCUT2D eigenvalue weighted by atomic mass is 79.9. The molecule has 2 nitrogen and oxygen atoms in total. The molecule has 1 aromatic rings. The van der Waals surface area contributed by atoms with Gasteiger partial charge in [-0.3, -0.25) is 0 Å². The molecule has 0 bridgehead atoms. The van der Waals surface area contributed by atoms with E-state index in [0.717, 1.165) is 10.0 Å². The average Bonchev–Trinajstić information content (AvgIpc) is 2.16. The molecule has 2 N–H and O–H groups in total. The lowest BCUT2D eigenvalue weighted by atomic mass is 9.97. The molecule has 13 heavy (non-hydrogen) atoms. The fraction of sp³-hybridized carbons (Fsp3) is 0.400. The Morgan fingerprint density at radius 1 is 1.15 bits per heavy atom. The maximum Gasteiger partial charge on any atom is 0.0500 e. The first-order valence-electron chi connectivity index (χ1n) is 4.25. The Labute approximate surface area is 86.3 Å². The number of hydrogen-bond acceptors (Lipinski definition) is 2. The van der Waals surface area contributed by atoms with Crippen molar-refractivity contribution in [2.24, 2.45) is 0 Å². The van der Waals surface area contributed by atoms with Crippen LogP contribution in [0.4, 0.5) is 0 Å². The topological polar surface area (TPSA) is 40.5 Å². The predicted molar refractivity (Wildman–Crippen MR) is 55.7 cm³/mol. The van der Waals surface area contributed by atoms with Crippen molar-refractivity contribution in [2.45, 2.75) is 12.3 Å². The van der Waals surface area contributed by atoms with Gasteiger partial charge < -0.3 is 10.2 Å². The lowest BCUT2D eigenvalue weighted by Crippen LogP contribution is -2.05. The van der Waals surface area contributed by atoms with E-state index in [2.05, 4.69) is 15.9 Å². The third-order valence-corrected chi connectivity index (χ3v) is 2.57. The monoisotopic (exact) mass is 244 g/mol. The average molecular weight is 245 g/mol. The summed E-state index contributed by atoms with van der Waals surface area (Å²) in [5.74, 6) is 0.0538. The molecule has 1 aromatic carbocycles. The molecule has 1 atom stereocenters. The fourth-order valence-corrected chi connectivity index (χ4v) is 1.52. The third kappa shape index (κ3) is 3.10. The van der Waals surface area contributed by atoms with E-state index in [-0.39, 0.29) is 19.1 Å². The van der Waals surface area contributed by atoms with Gasteiger partial charge in [0.2, 0.25) is 0 Å². The highest BCUT2D eigenvalue weighted by molar-refractivity contribution is 9.10. The Kier molecular flexibility index (Phi) is 4.42. The number of aliphatic hydroxyl groups is 2. The van der Waals surface area contributed by atoms with Crippen molar-refractivity contribution in [3.05, 3.63) is 34.3 Å². The molecule has 0 aromatic heterocycles. The van der Waals surface area contributed by atoms with E-state index in [1.807, 2.05) is 24.3 Å². The molecule has 0 aliphatic rings. The number of rotatable bonds is 4. The standard InChI is InChI=1S/C10H13BrO2/c11-10-3-1-8(2-4-10)9(7-13)5-6-12/h1-4,9,12-13H,5-7H2. The van der Waals surface area contributed by atoms with Crippen LogP contribution in [-0.4, -0.2) is 23.4 Å². The Morgan fingerprint density at radius 3 is 2.23 bits per heavy atom. The first-order chi connectivity index (χ1) is 6.27. The smallest absolute Gasteiger partial charge is 0.0500 e. The summed E-state index contributed by atoms with van der Waals surface area (Å²) in [5, 5.41) is 17.8. The van der Waals surface area contributed by atoms with Gasteiger partial charge in [-0.25, -0.2) is 0 Å².